The molecule has 0 heterocycles. The Balaban J connectivity index is 2.12. The topological polar surface area (TPSA) is 49.3 Å². The number of rotatable bonds is 2. The summed E-state index contributed by atoms with van der Waals surface area (Å²) in [6.07, 6.45) is -0.645. The molecule has 0 saturated heterocycles. The summed E-state index contributed by atoms with van der Waals surface area (Å²) in [6, 6.07) is 16.4. The molecule has 1 amide bonds. The van der Waals surface area contributed by atoms with Crippen molar-refractivity contribution in [2.24, 2.45) is 0 Å². The maximum Gasteiger partial charge on any atom is 0.300 e. The third-order valence-electron chi connectivity index (χ3n) is 2.75. The van der Waals surface area contributed by atoms with Gasteiger partial charge in [0.25, 0.3) is 0 Å². The van der Waals surface area contributed by atoms with Crippen molar-refractivity contribution in [1.82, 2.24) is 0 Å². The summed E-state index contributed by atoms with van der Waals surface area (Å²) in [5, 5.41) is 12.3. The van der Waals surface area contributed by atoms with Crippen LogP contribution in [0, 0.1) is 11.8 Å². The van der Waals surface area contributed by atoms with Crippen LogP contribution in [0.15, 0.2) is 54.6 Å². The van der Waals surface area contributed by atoms with E-state index in [2.05, 4.69) is 17.2 Å². The molecule has 1 unspecified atom stereocenters. The highest BCUT2D eigenvalue weighted by atomic mass is 16.3. The molecule has 100 valence electrons. The van der Waals surface area contributed by atoms with Gasteiger partial charge in [-0.3, -0.25) is 4.79 Å². The van der Waals surface area contributed by atoms with E-state index >= 15 is 0 Å². The monoisotopic (exact) mass is 265 g/mol. The first kappa shape index (κ1) is 13.9. The van der Waals surface area contributed by atoms with Gasteiger partial charge < -0.3 is 10.4 Å². The van der Waals surface area contributed by atoms with E-state index in [0.29, 0.717) is 11.3 Å². The minimum atomic E-state index is -0.645. The van der Waals surface area contributed by atoms with Crippen LogP contribution in [-0.4, -0.2) is 11.0 Å². The molecule has 0 aliphatic heterocycles. The van der Waals surface area contributed by atoms with Gasteiger partial charge in [0, 0.05) is 22.7 Å². The fraction of sp³-hybridized carbons (Fsp3) is 0.118. The summed E-state index contributed by atoms with van der Waals surface area (Å²) in [5.41, 5.74) is 2.03. The second-order valence-corrected chi connectivity index (χ2v) is 4.33. The number of carbonyl (C=O) groups is 1. The van der Waals surface area contributed by atoms with Gasteiger partial charge in [-0.1, -0.05) is 42.3 Å². The number of hydrogen-bond donors (Lipinski definition) is 2. The predicted molar refractivity (Wildman–Crippen MR) is 79.0 cm³/mol. The Kier molecular flexibility index (Phi) is 4.54. The van der Waals surface area contributed by atoms with Crippen molar-refractivity contribution in [2.75, 3.05) is 5.32 Å². The van der Waals surface area contributed by atoms with E-state index in [1.54, 1.807) is 25.1 Å². The van der Waals surface area contributed by atoms with E-state index in [-0.39, 0.29) is 0 Å². The Morgan fingerprint density at radius 3 is 2.45 bits per heavy atom. The molecule has 2 aromatic rings. The fourth-order valence-corrected chi connectivity index (χ4v) is 1.78. The van der Waals surface area contributed by atoms with E-state index in [9.17, 15) is 9.90 Å². The Labute approximate surface area is 118 Å². The molecule has 0 aliphatic rings. The van der Waals surface area contributed by atoms with Gasteiger partial charge in [-0.05, 0) is 25.1 Å². The van der Waals surface area contributed by atoms with Crippen LogP contribution in [0.5, 0.6) is 0 Å². The number of benzene rings is 2. The lowest BCUT2D eigenvalue weighted by Gasteiger charge is -2.11. The molecule has 2 N–H and O–H groups in total. The zero-order valence-corrected chi connectivity index (χ0v) is 11.1. The smallest absolute Gasteiger partial charge is 0.300 e. The zero-order chi connectivity index (χ0) is 14.4. The van der Waals surface area contributed by atoms with Gasteiger partial charge in [0.05, 0.1) is 6.10 Å². The molecule has 1 atom stereocenters. The molecule has 3 nitrogen and oxygen atoms in total. The van der Waals surface area contributed by atoms with Gasteiger partial charge >= 0.3 is 5.91 Å². The largest absolute Gasteiger partial charge is 0.389 e. The molecule has 0 radical (unpaired) electrons. The molecule has 3 heteroatoms. The maximum atomic E-state index is 11.8. The van der Waals surface area contributed by atoms with Crippen molar-refractivity contribution in [3.63, 3.8) is 0 Å². The van der Waals surface area contributed by atoms with Crippen molar-refractivity contribution in [3.8, 4) is 11.8 Å². The number of anilines is 1. The highest BCUT2D eigenvalue weighted by Crippen LogP contribution is 2.21. The Bertz CT molecular complexity index is 651. The Morgan fingerprint density at radius 1 is 1.10 bits per heavy atom. The van der Waals surface area contributed by atoms with Crippen molar-refractivity contribution in [1.29, 1.82) is 0 Å². The van der Waals surface area contributed by atoms with E-state index in [1.807, 2.05) is 36.4 Å². The molecular formula is C17H15NO2. The average Bonchev–Trinajstić information content (AvgIpc) is 2.46. The van der Waals surface area contributed by atoms with E-state index in [4.69, 9.17) is 0 Å². The molecule has 2 rings (SSSR count). The van der Waals surface area contributed by atoms with Crippen molar-refractivity contribution in [2.45, 2.75) is 13.0 Å². The number of carbonyl (C=O) groups excluding carboxylic acids is 1. The summed E-state index contributed by atoms with van der Waals surface area (Å²) < 4.78 is 0. The number of aliphatic hydroxyl groups is 1. The average molecular weight is 265 g/mol. The molecule has 0 bridgehead atoms. The summed E-state index contributed by atoms with van der Waals surface area (Å²) in [4.78, 5) is 11.8. The van der Waals surface area contributed by atoms with Gasteiger partial charge in [0.2, 0.25) is 0 Å². The lowest BCUT2D eigenvalue weighted by Crippen LogP contribution is -2.11. The molecule has 0 saturated carbocycles. The molecule has 20 heavy (non-hydrogen) atoms. The normalized spacial score (nSPS) is 11.1. The molecule has 0 aliphatic carbocycles. The number of aliphatic hydroxyl groups excluding tert-OH is 1. The fourth-order valence-electron chi connectivity index (χ4n) is 1.78. The zero-order valence-electron chi connectivity index (χ0n) is 11.1. The van der Waals surface area contributed by atoms with E-state index < -0.39 is 12.0 Å². The Hall–Kier alpha value is -2.57. The first-order chi connectivity index (χ1) is 9.66. The number of para-hydroxylation sites is 1. The van der Waals surface area contributed by atoms with Crippen LogP contribution in [0.25, 0.3) is 0 Å². The second-order valence-electron chi connectivity index (χ2n) is 4.33. The van der Waals surface area contributed by atoms with Crippen molar-refractivity contribution in [3.05, 3.63) is 65.7 Å². The Morgan fingerprint density at radius 2 is 1.75 bits per heavy atom. The van der Waals surface area contributed by atoms with Crippen LogP contribution in [0.3, 0.4) is 0 Å². The highest BCUT2D eigenvalue weighted by Gasteiger charge is 2.08. The van der Waals surface area contributed by atoms with Crippen LogP contribution in [0.2, 0.25) is 0 Å². The highest BCUT2D eigenvalue weighted by molar-refractivity contribution is 6.04. The third-order valence-corrected chi connectivity index (χ3v) is 2.75. The van der Waals surface area contributed by atoms with Crippen molar-refractivity contribution >= 4 is 11.6 Å². The van der Waals surface area contributed by atoms with Crippen molar-refractivity contribution < 1.29 is 9.90 Å². The van der Waals surface area contributed by atoms with Gasteiger partial charge in [-0.25, -0.2) is 0 Å². The SMILES string of the molecule is CC(O)c1ccccc1NC(=O)C#Cc1ccccc1. The van der Waals surface area contributed by atoms with Gasteiger partial charge in [0.1, 0.15) is 0 Å². The van der Waals surface area contributed by atoms with Crippen LogP contribution >= 0.6 is 0 Å². The first-order valence-corrected chi connectivity index (χ1v) is 6.32. The molecule has 0 aromatic heterocycles. The first-order valence-electron chi connectivity index (χ1n) is 6.32. The third kappa shape index (κ3) is 3.71. The lowest BCUT2D eigenvalue weighted by atomic mass is 10.1. The summed E-state index contributed by atoms with van der Waals surface area (Å²) in [6.45, 7) is 1.65. The standard InChI is InChI=1S/C17H15NO2/c1-13(19)15-9-5-6-10-16(15)18-17(20)12-11-14-7-3-2-4-8-14/h2-10,13,19H,1H3,(H,18,20). The van der Waals surface area contributed by atoms with Gasteiger partial charge in [0.15, 0.2) is 0 Å². The van der Waals surface area contributed by atoms with E-state index in [1.165, 1.54) is 0 Å². The van der Waals surface area contributed by atoms with Crippen LogP contribution < -0.4 is 5.32 Å². The number of nitrogens with one attached hydrogen (secondary N) is 1. The van der Waals surface area contributed by atoms with Gasteiger partial charge in [-0.2, -0.15) is 0 Å². The maximum absolute atomic E-state index is 11.8. The summed E-state index contributed by atoms with van der Waals surface area (Å²) >= 11 is 0. The molecular weight excluding hydrogens is 250 g/mol. The summed E-state index contributed by atoms with van der Waals surface area (Å²) in [7, 11) is 0. The number of hydrogen-bond acceptors (Lipinski definition) is 2. The molecule has 0 spiro atoms. The minimum Gasteiger partial charge on any atom is -0.389 e. The predicted octanol–water partition coefficient (Wildman–Crippen LogP) is 2.73. The molecule has 2 aromatic carbocycles. The minimum absolute atomic E-state index is 0.401. The van der Waals surface area contributed by atoms with Crippen LogP contribution in [0.1, 0.15) is 24.2 Å². The number of amides is 1. The second kappa shape index (κ2) is 6.55. The summed E-state index contributed by atoms with van der Waals surface area (Å²) in [5.74, 6) is 4.92. The van der Waals surface area contributed by atoms with Crippen LogP contribution in [-0.2, 0) is 4.79 Å². The quantitative estimate of drug-likeness (QED) is 0.820. The van der Waals surface area contributed by atoms with Crippen LogP contribution in [0.4, 0.5) is 5.69 Å². The van der Waals surface area contributed by atoms with E-state index in [0.717, 1.165) is 5.56 Å². The van der Waals surface area contributed by atoms with Gasteiger partial charge in [-0.15, -0.1) is 0 Å². The lowest BCUT2D eigenvalue weighted by molar-refractivity contribution is -0.111. The molecule has 0 fully saturated rings.